The van der Waals surface area contributed by atoms with E-state index >= 15 is 0 Å². The van der Waals surface area contributed by atoms with Crippen molar-refractivity contribution in [2.45, 2.75) is 25.3 Å². The van der Waals surface area contributed by atoms with Gasteiger partial charge in [0.1, 0.15) is 6.04 Å². The zero-order valence-corrected chi connectivity index (χ0v) is 10.3. The van der Waals surface area contributed by atoms with Gasteiger partial charge in [0.15, 0.2) is 0 Å². The van der Waals surface area contributed by atoms with Crippen LogP contribution in [0.1, 0.15) is 19.3 Å². The van der Waals surface area contributed by atoms with E-state index in [2.05, 4.69) is 11.2 Å². The van der Waals surface area contributed by atoms with Gasteiger partial charge in [-0.25, -0.2) is 9.59 Å². The number of carboxylic acid groups (broad SMARTS) is 1. The van der Waals surface area contributed by atoms with Crippen molar-refractivity contribution in [2.24, 2.45) is 0 Å². The van der Waals surface area contributed by atoms with Gasteiger partial charge in [-0.15, -0.1) is 24.1 Å². The van der Waals surface area contributed by atoms with Crippen LogP contribution in [-0.4, -0.2) is 46.2 Å². The first kappa shape index (κ1) is 13.7. The molecule has 0 saturated carbocycles. The molecule has 0 radical (unpaired) electrons. The maximum atomic E-state index is 11.7. The molecule has 1 unspecified atom stereocenters. The SMILES string of the molecule is C#CCCCCNC(=O)N1CSCC1C(=O)O. The lowest BCUT2D eigenvalue weighted by atomic mass is 10.2. The highest BCUT2D eigenvalue weighted by Gasteiger charge is 2.34. The molecule has 2 N–H and O–H groups in total. The van der Waals surface area contributed by atoms with Gasteiger partial charge in [-0.05, 0) is 12.8 Å². The van der Waals surface area contributed by atoms with Crippen LogP contribution in [0.4, 0.5) is 4.79 Å². The van der Waals surface area contributed by atoms with E-state index in [0.717, 1.165) is 12.8 Å². The lowest BCUT2D eigenvalue weighted by molar-refractivity contribution is -0.140. The first-order valence-electron chi connectivity index (χ1n) is 5.45. The van der Waals surface area contributed by atoms with Crippen molar-refractivity contribution in [1.29, 1.82) is 0 Å². The number of rotatable bonds is 5. The maximum absolute atomic E-state index is 11.7. The standard InChI is InChI=1S/C11H16N2O3S/c1-2-3-4-5-6-12-11(16)13-8-17-7-9(13)10(14)15/h1,9H,3-8H2,(H,12,16)(H,14,15). The number of terminal acetylenes is 1. The van der Waals surface area contributed by atoms with Gasteiger partial charge in [0.05, 0.1) is 5.88 Å². The molecule has 6 heteroatoms. The topological polar surface area (TPSA) is 69.6 Å². The number of urea groups is 1. The van der Waals surface area contributed by atoms with Crippen molar-refractivity contribution in [3.05, 3.63) is 0 Å². The number of carboxylic acids is 1. The van der Waals surface area contributed by atoms with Crippen LogP contribution in [0.3, 0.4) is 0 Å². The summed E-state index contributed by atoms with van der Waals surface area (Å²) >= 11 is 1.45. The molecule has 1 aliphatic heterocycles. The van der Waals surface area contributed by atoms with Gasteiger partial charge in [-0.3, -0.25) is 0 Å². The third-order valence-electron chi connectivity index (χ3n) is 2.45. The molecule has 1 atom stereocenters. The van der Waals surface area contributed by atoms with E-state index in [-0.39, 0.29) is 6.03 Å². The number of unbranched alkanes of at least 4 members (excludes halogenated alkanes) is 2. The molecule has 2 amide bonds. The van der Waals surface area contributed by atoms with Gasteiger partial charge >= 0.3 is 12.0 Å². The fraction of sp³-hybridized carbons (Fsp3) is 0.636. The normalized spacial score (nSPS) is 18.8. The second kappa shape index (κ2) is 7.07. The predicted molar refractivity (Wildman–Crippen MR) is 66.7 cm³/mol. The first-order chi connectivity index (χ1) is 8.16. The van der Waals surface area contributed by atoms with E-state index in [9.17, 15) is 9.59 Å². The zero-order valence-electron chi connectivity index (χ0n) is 9.52. The largest absolute Gasteiger partial charge is 0.480 e. The molecular formula is C11H16N2O3S. The monoisotopic (exact) mass is 256 g/mol. The van der Waals surface area contributed by atoms with Gasteiger partial charge in [0.25, 0.3) is 0 Å². The lowest BCUT2D eigenvalue weighted by Gasteiger charge is -2.20. The van der Waals surface area contributed by atoms with E-state index in [1.165, 1.54) is 16.7 Å². The third kappa shape index (κ3) is 4.19. The number of nitrogens with one attached hydrogen (secondary N) is 1. The summed E-state index contributed by atoms with van der Waals surface area (Å²) in [6.45, 7) is 0.536. The Morgan fingerprint density at radius 3 is 2.94 bits per heavy atom. The van der Waals surface area contributed by atoms with Crippen molar-refractivity contribution < 1.29 is 14.7 Å². The van der Waals surface area contributed by atoms with Crippen LogP contribution in [0.2, 0.25) is 0 Å². The minimum absolute atomic E-state index is 0.303. The number of hydrogen-bond donors (Lipinski definition) is 2. The van der Waals surface area contributed by atoms with Gasteiger partial charge in [0, 0.05) is 18.7 Å². The van der Waals surface area contributed by atoms with E-state index < -0.39 is 12.0 Å². The molecule has 17 heavy (non-hydrogen) atoms. The summed E-state index contributed by atoms with van der Waals surface area (Å²) in [5.41, 5.74) is 0. The summed E-state index contributed by atoms with van der Waals surface area (Å²) in [7, 11) is 0. The van der Waals surface area contributed by atoms with Crippen LogP contribution in [0.5, 0.6) is 0 Å². The molecule has 1 fully saturated rings. The molecule has 0 aliphatic carbocycles. The summed E-state index contributed by atoms with van der Waals surface area (Å²) in [4.78, 5) is 23.9. The lowest BCUT2D eigenvalue weighted by Crippen LogP contribution is -2.47. The molecule has 1 aliphatic rings. The highest BCUT2D eigenvalue weighted by molar-refractivity contribution is 7.99. The summed E-state index contributed by atoms with van der Waals surface area (Å²) in [5.74, 6) is 2.48. The second-order valence-corrected chi connectivity index (χ2v) is 4.72. The minimum Gasteiger partial charge on any atom is -0.480 e. The van der Waals surface area contributed by atoms with Gasteiger partial charge in [-0.1, -0.05) is 0 Å². The van der Waals surface area contributed by atoms with Crippen molar-refractivity contribution in [1.82, 2.24) is 10.2 Å². The highest BCUT2D eigenvalue weighted by Crippen LogP contribution is 2.20. The predicted octanol–water partition coefficient (Wildman–Crippen LogP) is 0.959. The molecule has 94 valence electrons. The van der Waals surface area contributed by atoms with Gasteiger partial charge < -0.3 is 15.3 Å². The fourth-order valence-electron chi connectivity index (χ4n) is 1.50. The fourth-order valence-corrected chi connectivity index (χ4v) is 2.64. The number of carbonyl (C=O) groups is 2. The number of aliphatic carboxylic acids is 1. The van der Waals surface area contributed by atoms with Gasteiger partial charge in [0.2, 0.25) is 0 Å². The maximum Gasteiger partial charge on any atom is 0.327 e. The molecule has 5 nitrogen and oxygen atoms in total. The van der Waals surface area contributed by atoms with Crippen LogP contribution in [0, 0.1) is 12.3 Å². The van der Waals surface area contributed by atoms with Crippen molar-refractivity contribution in [3.63, 3.8) is 0 Å². The Labute approximate surface area is 105 Å². The molecule has 0 aromatic carbocycles. The second-order valence-electron chi connectivity index (χ2n) is 3.72. The van der Waals surface area contributed by atoms with E-state index in [0.29, 0.717) is 24.6 Å². The van der Waals surface area contributed by atoms with Crippen molar-refractivity contribution >= 4 is 23.8 Å². The van der Waals surface area contributed by atoms with Crippen LogP contribution < -0.4 is 5.32 Å². The third-order valence-corrected chi connectivity index (χ3v) is 3.46. The Kier molecular flexibility index (Phi) is 5.70. The molecular weight excluding hydrogens is 240 g/mol. The summed E-state index contributed by atoms with van der Waals surface area (Å²) < 4.78 is 0. The van der Waals surface area contributed by atoms with Crippen molar-refractivity contribution in [2.75, 3.05) is 18.2 Å². The van der Waals surface area contributed by atoms with E-state index in [1.54, 1.807) is 0 Å². The molecule has 1 heterocycles. The summed E-state index contributed by atoms with van der Waals surface area (Å²) in [6, 6.07) is -1.01. The number of carbonyl (C=O) groups excluding carboxylic acids is 1. The Morgan fingerprint density at radius 1 is 1.53 bits per heavy atom. The molecule has 0 spiro atoms. The summed E-state index contributed by atoms with van der Waals surface area (Å²) in [6.07, 6.45) is 7.49. The van der Waals surface area contributed by atoms with E-state index in [1.807, 2.05) is 0 Å². The number of thioether (sulfide) groups is 1. The molecule has 0 aromatic heterocycles. The van der Waals surface area contributed by atoms with Crippen molar-refractivity contribution in [3.8, 4) is 12.3 Å². The Balaban J connectivity index is 2.27. The Hall–Kier alpha value is -1.35. The average Bonchev–Trinajstić information content (AvgIpc) is 2.77. The Morgan fingerprint density at radius 2 is 2.29 bits per heavy atom. The van der Waals surface area contributed by atoms with Crippen LogP contribution in [-0.2, 0) is 4.79 Å². The number of amides is 2. The smallest absolute Gasteiger partial charge is 0.327 e. The minimum atomic E-state index is -0.947. The van der Waals surface area contributed by atoms with Crippen LogP contribution in [0.15, 0.2) is 0 Å². The number of hydrogen-bond acceptors (Lipinski definition) is 3. The van der Waals surface area contributed by atoms with Crippen LogP contribution in [0.25, 0.3) is 0 Å². The molecule has 0 aromatic rings. The van der Waals surface area contributed by atoms with Gasteiger partial charge in [-0.2, -0.15) is 0 Å². The molecule has 0 bridgehead atoms. The number of nitrogens with zero attached hydrogens (tertiary/aromatic N) is 1. The molecule has 1 rings (SSSR count). The summed E-state index contributed by atoms with van der Waals surface area (Å²) in [5, 5.41) is 11.6. The highest BCUT2D eigenvalue weighted by atomic mass is 32.2. The average molecular weight is 256 g/mol. The van der Waals surface area contributed by atoms with Crippen LogP contribution >= 0.6 is 11.8 Å². The van der Waals surface area contributed by atoms with E-state index in [4.69, 9.17) is 11.5 Å². The first-order valence-corrected chi connectivity index (χ1v) is 6.60. The Bertz CT molecular complexity index is 327. The quantitative estimate of drug-likeness (QED) is 0.568. The zero-order chi connectivity index (χ0) is 12.7. The molecule has 1 saturated heterocycles.